The van der Waals surface area contributed by atoms with E-state index in [4.69, 9.17) is 11.6 Å². The molecule has 0 saturated heterocycles. The van der Waals surface area contributed by atoms with Crippen LogP contribution in [-0.4, -0.2) is 15.7 Å². The van der Waals surface area contributed by atoms with Gasteiger partial charge in [-0.2, -0.15) is 5.10 Å². The van der Waals surface area contributed by atoms with Crippen molar-refractivity contribution in [3.63, 3.8) is 0 Å². The number of carbonyl (C=O) groups is 1. The summed E-state index contributed by atoms with van der Waals surface area (Å²) < 4.78 is 1.25. The molecule has 28 heavy (non-hydrogen) atoms. The smallest absolute Gasteiger partial charge is 0.267 e. The third-order valence-electron chi connectivity index (χ3n) is 4.61. The SMILES string of the molecule is CC[C@H](C(=O)Nc1ccccc1Cl)n1nc(-c2cc(C)ccc2C)ccc1=O. The Balaban J connectivity index is 1.98. The Morgan fingerprint density at radius 3 is 2.61 bits per heavy atom. The Kier molecular flexibility index (Phi) is 5.95. The van der Waals surface area contributed by atoms with Gasteiger partial charge in [0.2, 0.25) is 5.91 Å². The van der Waals surface area contributed by atoms with Crippen molar-refractivity contribution in [1.82, 2.24) is 9.78 Å². The molecule has 1 atom stereocenters. The normalized spacial score (nSPS) is 11.9. The van der Waals surface area contributed by atoms with Crippen LogP contribution in [0, 0.1) is 13.8 Å². The van der Waals surface area contributed by atoms with E-state index in [1.165, 1.54) is 10.7 Å². The molecule has 0 aliphatic heterocycles. The van der Waals surface area contributed by atoms with E-state index in [9.17, 15) is 9.59 Å². The molecule has 1 N–H and O–H groups in total. The molecule has 0 saturated carbocycles. The summed E-state index contributed by atoms with van der Waals surface area (Å²) in [6.07, 6.45) is 0.416. The second-order valence-electron chi connectivity index (χ2n) is 6.71. The molecule has 5 nitrogen and oxygen atoms in total. The van der Waals surface area contributed by atoms with Gasteiger partial charge in [-0.3, -0.25) is 9.59 Å². The minimum absolute atomic E-state index is 0.324. The fourth-order valence-corrected chi connectivity index (χ4v) is 3.23. The molecular weight excluding hydrogens is 374 g/mol. The third-order valence-corrected chi connectivity index (χ3v) is 4.94. The molecule has 0 aliphatic carbocycles. The van der Waals surface area contributed by atoms with Gasteiger partial charge >= 0.3 is 0 Å². The van der Waals surface area contributed by atoms with Gasteiger partial charge in [0.05, 0.1) is 16.4 Å². The van der Waals surface area contributed by atoms with Crippen LogP contribution in [0.1, 0.15) is 30.5 Å². The zero-order valence-corrected chi connectivity index (χ0v) is 16.8. The van der Waals surface area contributed by atoms with E-state index < -0.39 is 6.04 Å². The number of hydrogen-bond acceptors (Lipinski definition) is 3. The number of para-hydroxylation sites is 1. The molecule has 3 rings (SSSR count). The maximum Gasteiger partial charge on any atom is 0.267 e. The molecule has 1 amide bonds. The van der Waals surface area contributed by atoms with E-state index in [0.29, 0.717) is 22.8 Å². The summed E-state index contributed by atoms with van der Waals surface area (Å²) in [5.74, 6) is -0.330. The number of carbonyl (C=O) groups excluding carboxylic acids is 1. The molecule has 0 fully saturated rings. The maximum atomic E-state index is 12.8. The van der Waals surface area contributed by atoms with Crippen molar-refractivity contribution in [2.24, 2.45) is 0 Å². The number of nitrogens with one attached hydrogen (secondary N) is 1. The number of amides is 1. The van der Waals surface area contributed by atoms with Gasteiger partial charge in [-0.25, -0.2) is 4.68 Å². The summed E-state index contributed by atoms with van der Waals surface area (Å²) in [7, 11) is 0. The maximum absolute atomic E-state index is 12.8. The molecule has 3 aromatic rings. The summed E-state index contributed by atoms with van der Waals surface area (Å²) in [6.45, 7) is 5.84. The number of halogens is 1. The Labute approximate surface area is 169 Å². The number of rotatable bonds is 5. The van der Waals surface area contributed by atoms with Crippen molar-refractivity contribution >= 4 is 23.2 Å². The minimum atomic E-state index is -0.742. The van der Waals surface area contributed by atoms with Crippen molar-refractivity contribution in [2.45, 2.75) is 33.2 Å². The first-order valence-corrected chi connectivity index (χ1v) is 9.51. The number of nitrogens with zero attached hydrogens (tertiary/aromatic N) is 2. The van der Waals surface area contributed by atoms with Gasteiger partial charge in [0.25, 0.3) is 5.56 Å². The largest absolute Gasteiger partial charge is 0.323 e. The number of anilines is 1. The molecule has 0 aliphatic rings. The Morgan fingerprint density at radius 1 is 1.14 bits per heavy atom. The van der Waals surface area contributed by atoms with E-state index >= 15 is 0 Å². The molecule has 1 heterocycles. The average Bonchev–Trinajstić information content (AvgIpc) is 2.67. The van der Waals surface area contributed by atoms with E-state index in [1.807, 2.05) is 39.0 Å². The van der Waals surface area contributed by atoms with Gasteiger partial charge in [-0.05, 0) is 50.1 Å². The fraction of sp³-hybridized carbons (Fsp3) is 0.227. The standard InChI is InChI=1S/C22H22ClN3O2/c1-4-20(22(28)24-19-8-6-5-7-17(19)23)26-21(27)12-11-18(25-26)16-13-14(2)9-10-15(16)3/h5-13,20H,4H2,1-3H3,(H,24,28)/t20-/m1/s1. The molecule has 0 bridgehead atoms. The third kappa shape index (κ3) is 4.15. The minimum Gasteiger partial charge on any atom is -0.323 e. The van der Waals surface area contributed by atoms with Gasteiger partial charge in [-0.1, -0.05) is 48.4 Å². The summed E-state index contributed by atoms with van der Waals surface area (Å²) in [4.78, 5) is 25.3. The lowest BCUT2D eigenvalue weighted by Crippen LogP contribution is -2.34. The lowest BCUT2D eigenvalue weighted by atomic mass is 10.0. The monoisotopic (exact) mass is 395 g/mol. The van der Waals surface area contributed by atoms with Crippen LogP contribution in [0.15, 0.2) is 59.4 Å². The van der Waals surface area contributed by atoms with Gasteiger partial charge in [0, 0.05) is 11.6 Å². The molecule has 144 valence electrons. The van der Waals surface area contributed by atoms with Crippen LogP contribution in [0.4, 0.5) is 5.69 Å². The summed E-state index contributed by atoms with van der Waals surface area (Å²) in [6, 6.07) is 15.5. The summed E-state index contributed by atoms with van der Waals surface area (Å²) >= 11 is 6.13. The molecule has 2 aromatic carbocycles. The first kappa shape index (κ1) is 19.8. The Hall–Kier alpha value is -2.92. The highest BCUT2D eigenvalue weighted by atomic mass is 35.5. The van der Waals surface area contributed by atoms with Crippen molar-refractivity contribution in [1.29, 1.82) is 0 Å². The van der Waals surface area contributed by atoms with E-state index in [0.717, 1.165) is 16.7 Å². The van der Waals surface area contributed by atoms with Crippen LogP contribution >= 0.6 is 11.6 Å². The van der Waals surface area contributed by atoms with Crippen LogP contribution in [0.3, 0.4) is 0 Å². The number of aryl methyl sites for hydroxylation is 2. The zero-order chi connectivity index (χ0) is 20.3. The first-order chi connectivity index (χ1) is 13.4. The lowest BCUT2D eigenvalue weighted by Gasteiger charge is -2.18. The van der Waals surface area contributed by atoms with E-state index in [2.05, 4.69) is 10.4 Å². The summed E-state index contributed by atoms with van der Waals surface area (Å²) in [5, 5.41) is 7.75. The van der Waals surface area contributed by atoms with Crippen molar-refractivity contribution in [3.8, 4) is 11.3 Å². The fourth-order valence-electron chi connectivity index (χ4n) is 3.05. The zero-order valence-electron chi connectivity index (χ0n) is 16.1. The van der Waals surface area contributed by atoms with Crippen LogP contribution in [0.25, 0.3) is 11.3 Å². The molecule has 1 aromatic heterocycles. The highest BCUT2D eigenvalue weighted by molar-refractivity contribution is 6.33. The van der Waals surface area contributed by atoms with Crippen molar-refractivity contribution in [3.05, 3.63) is 81.1 Å². The second-order valence-corrected chi connectivity index (χ2v) is 7.12. The van der Waals surface area contributed by atoms with Gasteiger partial charge in [0.1, 0.15) is 6.04 Å². The number of benzene rings is 2. The Bertz CT molecular complexity index is 1080. The number of hydrogen-bond donors (Lipinski definition) is 1. The Morgan fingerprint density at radius 2 is 1.89 bits per heavy atom. The molecule has 0 unspecified atom stereocenters. The van der Waals surface area contributed by atoms with Crippen molar-refractivity contribution < 1.29 is 4.79 Å². The predicted octanol–water partition coefficient (Wildman–Crippen LogP) is 4.77. The molecule has 6 heteroatoms. The topological polar surface area (TPSA) is 64.0 Å². The molecular formula is C22H22ClN3O2. The van der Waals surface area contributed by atoms with Gasteiger partial charge in [0.15, 0.2) is 0 Å². The summed E-state index contributed by atoms with van der Waals surface area (Å²) in [5.41, 5.74) is 3.93. The van der Waals surface area contributed by atoms with Crippen LogP contribution in [-0.2, 0) is 4.79 Å². The predicted molar refractivity (Wildman–Crippen MR) is 113 cm³/mol. The van der Waals surface area contributed by atoms with Crippen molar-refractivity contribution in [2.75, 3.05) is 5.32 Å². The molecule has 0 spiro atoms. The number of aromatic nitrogens is 2. The highest BCUT2D eigenvalue weighted by Crippen LogP contribution is 2.24. The van der Waals surface area contributed by atoms with E-state index in [-0.39, 0.29) is 11.5 Å². The van der Waals surface area contributed by atoms with Gasteiger partial charge in [-0.15, -0.1) is 0 Å². The van der Waals surface area contributed by atoms with Gasteiger partial charge < -0.3 is 5.32 Å². The molecule has 0 radical (unpaired) electrons. The van der Waals surface area contributed by atoms with Crippen LogP contribution < -0.4 is 10.9 Å². The average molecular weight is 396 g/mol. The highest BCUT2D eigenvalue weighted by Gasteiger charge is 2.22. The first-order valence-electron chi connectivity index (χ1n) is 9.13. The second kappa shape index (κ2) is 8.40. The van der Waals surface area contributed by atoms with Crippen LogP contribution in [0.2, 0.25) is 5.02 Å². The van der Waals surface area contributed by atoms with E-state index in [1.54, 1.807) is 30.3 Å². The quantitative estimate of drug-likeness (QED) is 0.676. The van der Waals surface area contributed by atoms with Crippen LogP contribution in [0.5, 0.6) is 0 Å². The lowest BCUT2D eigenvalue weighted by molar-refractivity contribution is -0.119.